The minimum absolute atomic E-state index is 0.141. The molecule has 0 saturated carbocycles. The predicted molar refractivity (Wildman–Crippen MR) is 68.1 cm³/mol. The Morgan fingerprint density at radius 2 is 2.06 bits per heavy atom. The molecule has 17 heavy (non-hydrogen) atoms. The lowest BCUT2D eigenvalue weighted by molar-refractivity contribution is -0.114. The molecule has 0 aliphatic carbocycles. The van der Waals surface area contributed by atoms with Crippen LogP contribution >= 0.6 is 11.5 Å². The quantitative estimate of drug-likeness (QED) is 0.901. The van der Waals surface area contributed by atoms with Crippen molar-refractivity contribution in [3.63, 3.8) is 0 Å². The van der Waals surface area contributed by atoms with Gasteiger partial charge in [-0.2, -0.15) is 4.37 Å². The van der Waals surface area contributed by atoms with Crippen LogP contribution in [-0.4, -0.2) is 15.3 Å². The Kier molecular flexibility index (Phi) is 3.82. The molecule has 0 aliphatic rings. The van der Waals surface area contributed by atoms with Gasteiger partial charge in [0.2, 0.25) is 11.9 Å². The standard InChI is InChI=1S/C12H13N3OS/c1-9(16)13-12-14-11(17-15-12)8-7-10-5-3-2-4-6-10/h2-6H,7-8H2,1H3,(H,13,15,16). The van der Waals surface area contributed by atoms with Crippen molar-refractivity contribution in [2.45, 2.75) is 19.8 Å². The van der Waals surface area contributed by atoms with E-state index in [1.54, 1.807) is 0 Å². The van der Waals surface area contributed by atoms with Crippen LogP contribution in [0.3, 0.4) is 0 Å². The van der Waals surface area contributed by atoms with Gasteiger partial charge in [-0.15, -0.1) is 0 Å². The first-order chi connectivity index (χ1) is 8.24. The highest BCUT2D eigenvalue weighted by molar-refractivity contribution is 7.05. The fourth-order valence-electron chi connectivity index (χ4n) is 1.46. The monoisotopic (exact) mass is 247 g/mol. The molecule has 4 nitrogen and oxygen atoms in total. The van der Waals surface area contributed by atoms with Gasteiger partial charge in [0.1, 0.15) is 5.01 Å². The van der Waals surface area contributed by atoms with Crippen molar-refractivity contribution < 1.29 is 4.79 Å². The van der Waals surface area contributed by atoms with Crippen LogP contribution in [-0.2, 0) is 17.6 Å². The first-order valence-corrected chi connectivity index (χ1v) is 6.15. The molecule has 0 fully saturated rings. The average Bonchev–Trinajstić information content (AvgIpc) is 2.75. The number of nitrogens with zero attached hydrogens (tertiary/aromatic N) is 2. The first kappa shape index (κ1) is 11.7. The molecule has 1 aromatic heterocycles. The number of amides is 1. The highest BCUT2D eigenvalue weighted by Crippen LogP contribution is 2.12. The molecule has 1 aromatic carbocycles. The number of hydrogen-bond acceptors (Lipinski definition) is 4. The van der Waals surface area contributed by atoms with Gasteiger partial charge in [-0.3, -0.25) is 10.1 Å². The van der Waals surface area contributed by atoms with Crippen LogP contribution < -0.4 is 5.32 Å². The maximum absolute atomic E-state index is 10.8. The number of rotatable bonds is 4. The van der Waals surface area contributed by atoms with Crippen molar-refractivity contribution in [1.29, 1.82) is 0 Å². The summed E-state index contributed by atoms with van der Waals surface area (Å²) in [4.78, 5) is 15.1. The molecule has 0 radical (unpaired) electrons. The van der Waals surface area contributed by atoms with E-state index in [0.29, 0.717) is 5.95 Å². The predicted octanol–water partition coefficient (Wildman–Crippen LogP) is 2.28. The molecule has 0 aliphatic heterocycles. The highest BCUT2D eigenvalue weighted by atomic mass is 32.1. The van der Waals surface area contributed by atoms with Crippen molar-refractivity contribution in [2.75, 3.05) is 5.32 Å². The number of carbonyl (C=O) groups excluding carboxylic acids is 1. The van der Waals surface area contributed by atoms with Crippen molar-refractivity contribution >= 4 is 23.4 Å². The molecule has 0 saturated heterocycles. The van der Waals surface area contributed by atoms with E-state index in [1.807, 2.05) is 18.2 Å². The third-order valence-corrected chi connectivity index (χ3v) is 3.00. The van der Waals surface area contributed by atoms with E-state index in [4.69, 9.17) is 0 Å². The molecule has 1 amide bonds. The lowest BCUT2D eigenvalue weighted by Crippen LogP contribution is -2.07. The Balaban J connectivity index is 1.91. The summed E-state index contributed by atoms with van der Waals surface area (Å²) < 4.78 is 4.07. The molecule has 2 aromatic rings. The third-order valence-electron chi connectivity index (χ3n) is 2.23. The fraction of sp³-hybridized carbons (Fsp3) is 0.250. The molecule has 88 valence electrons. The second kappa shape index (κ2) is 5.54. The average molecular weight is 247 g/mol. The molecular weight excluding hydrogens is 234 g/mol. The normalized spacial score (nSPS) is 10.2. The van der Waals surface area contributed by atoms with Gasteiger partial charge in [0.05, 0.1) is 0 Å². The second-order valence-corrected chi connectivity index (χ2v) is 4.51. The molecule has 5 heteroatoms. The third kappa shape index (κ3) is 3.64. The number of aryl methyl sites for hydroxylation is 2. The van der Waals surface area contributed by atoms with Crippen molar-refractivity contribution in [3.8, 4) is 0 Å². The highest BCUT2D eigenvalue weighted by Gasteiger charge is 2.05. The van der Waals surface area contributed by atoms with Gasteiger partial charge < -0.3 is 0 Å². The van der Waals surface area contributed by atoms with E-state index in [0.717, 1.165) is 17.8 Å². The number of carbonyl (C=O) groups is 1. The van der Waals surface area contributed by atoms with E-state index < -0.39 is 0 Å². The van der Waals surface area contributed by atoms with Gasteiger partial charge in [0, 0.05) is 13.3 Å². The SMILES string of the molecule is CC(=O)Nc1nsc(CCc2ccccc2)n1. The zero-order valence-corrected chi connectivity index (χ0v) is 10.3. The lowest BCUT2D eigenvalue weighted by Gasteiger charge is -1.97. The number of anilines is 1. The summed E-state index contributed by atoms with van der Waals surface area (Å²) >= 11 is 1.33. The topological polar surface area (TPSA) is 54.9 Å². The minimum Gasteiger partial charge on any atom is -0.294 e. The van der Waals surface area contributed by atoms with Crippen molar-refractivity contribution in [3.05, 3.63) is 40.9 Å². The van der Waals surface area contributed by atoms with Crippen LogP contribution in [0.4, 0.5) is 5.95 Å². The molecular formula is C12H13N3OS. The molecule has 0 atom stereocenters. The van der Waals surface area contributed by atoms with Crippen LogP contribution in [0.1, 0.15) is 17.5 Å². The largest absolute Gasteiger partial charge is 0.294 e. The number of nitrogens with one attached hydrogen (secondary N) is 1. The summed E-state index contributed by atoms with van der Waals surface area (Å²) in [5.41, 5.74) is 1.28. The minimum atomic E-state index is -0.141. The Bertz CT molecular complexity index is 495. The fourth-order valence-corrected chi connectivity index (χ4v) is 2.06. The second-order valence-electron chi connectivity index (χ2n) is 3.68. The van der Waals surface area contributed by atoms with Crippen LogP contribution in [0.2, 0.25) is 0 Å². The summed E-state index contributed by atoms with van der Waals surface area (Å²) in [6, 6.07) is 10.2. The van der Waals surface area contributed by atoms with Gasteiger partial charge >= 0.3 is 0 Å². The van der Waals surface area contributed by atoms with Gasteiger partial charge in [0.25, 0.3) is 0 Å². The van der Waals surface area contributed by atoms with Gasteiger partial charge in [-0.05, 0) is 23.5 Å². The molecule has 0 spiro atoms. The van der Waals surface area contributed by atoms with Gasteiger partial charge in [0.15, 0.2) is 0 Å². The Morgan fingerprint density at radius 1 is 1.29 bits per heavy atom. The maximum atomic E-state index is 10.8. The summed E-state index contributed by atoms with van der Waals surface area (Å²) in [7, 11) is 0. The Morgan fingerprint density at radius 3 is 2.76 bits per heavy atom. The molecule has 2 rings (SSSR count). The van der Waals surface area contributed by atoms with E-state index in [2.05, 4.69) is 26.8 Å². The zero-order valence-electron chi connectivity index (χ0n) is 9.51. The number of benzene rings is 1. The van der Waals surface area contributed by atoms with E-state index in [9.17, 15) is 4.79 Å². The summed E-state index contributed by atoms with van der Waals surface area (Å²) in [5.74, 6) is 0.267. The van der Waals surface area contributed by atoms with E-state index in [1.165, 1.54) is 24.0 Å². The summed E-state index contributed by atoms with van der Waals surface area (Å²) in [6.45, 7) is 1.45. The number of aromatic nitrogens is 2. The lowest BCUT2D eigenvalue weighted by atomic mass is 10.1. The van der Waals surface area contributed by atoms with E-state index in [-0.39, 0.29) is 5.91 Å². The molecule has 1 N–H and O–H groups in total. The molecule has 0 unspecified atom stereocenters. The molecule has 0 bridgehead atoms. The van der Waals surface area contributed by atoms with Crippen LogP contribution in [0.5, 0.6) is 0 Å². The van der Waals surface area contributed by atoms with Crippen LogP contribution in [0.25, 0.3) is 0 Å². The zero-order chi connectivity index (χ0) is 12.1. The van der Waals surface area contributed by atoms with E-state index >= 15 is 0 Å². The van der Waals surface area contributed by atoms with Crippen LogP contribution in [0, 0.1) is 0 Å². The van der Waals surface area contributed by atoms with Crippen molar-refractivity contribution in [2.24, 2.45) is 0 Å². The smallest absolute Gasteiger partial charge is 0.241 e. The Hall–Kier alpha value is -1.75. The Labute approximate surface area is 104 Å². The summed E-state index contributed by atoms with van der Waals surface area (Å²) in [5, 5.41) is 3.51. The first-order valence-electron chi connectivity index (χ1n) is 5.38. The van der Waals surface area contributed by atoms with Crippen LogP contribution in [0.15, 0.2) is 30.3 Å². The summed E-state index contributed by atoms with van der Waals surface area (Å²) in [6.07, 6.45) is 1.79. The van der Waals surface area contributed by atoms with Gasteiger partial charge in [-0.25, -0.2) is 4.98 Å². The molecule has 1 heterocycles. The van der Waals surface area contributed by atoms with Gasteiger partial charge in [-0.1, -0.05) is 30.3 Å². The number of hydrogen-bond donors (Lipinski definition) is 1. The maximum Gasteiger partial charge on any atom is 0.241 e. The van der Waals surface area contributed by atoms with Crippen molar-refractivity contribution in [1.82, 2.24) is 9.36 Å².